The molecule has 1 aromatic heterocycles. The first-order chi connectivity index (χ1) is 13.2. The maximum Gasteiger partial charge on any atom is 0.153 e. The highest BCUT2D eigenvalue weighted by Crippen LogP contribution is 2.26. The molecule has 3 nitrogen and oxygen atoms in total. The standard InChI is InChI=1S/C24H24N2O/c1-18-9-8-12-21(17-18)27-19(2)24-25-22-13-6-7-14-23(22)26(24)16-15-20-10-4-3-5-11-20/h3-14,17,19H,15-16H2,1-2H3. The first-order valence-corrected chi connectivity index (χ1v) is 9.43. The normalized spacial score (nSPS) is 12.2. The minimum atomic E-state index is -0.130. The smallest absolute Gasteiger partial charge is 0.153 e. The van der Waals surface area contributed by atoms with E-state index in [0.29, 0.717) is 0 Å². The number of nitrogens with zero attached hydrogens (tertiary/aromatic N) is 2. The van der Waals surface area contributed by atoms with Gasteiger partial charge in [-0.2, -0.15) is 0 Å². The highest BCUT2D eigenvalue weighted by Gasteiger charge is 2.18. The maximum atomic E-state index is 6.22. The SMILES string of the molecule is Cc1cccc(OC(C)c2nc3ccccc3n2CCc2ccccc2)c1. The van der Waals surface area contributed by atoms with E-state index in [-0.39, 0.29) is 6.10 Å². The maximum absolute atomic E-state index is 6.22. The molecule has 1 atom stereocenters. The average Bonchev–Trinajstić information content (AvgIpc) is 3.06. The number of hydrogen-bond donors (Lipinski definition) is 0. The molecule has 0 spiro atoms. The number of benzene rings is 3. The predicted molar refractivity (Wildman–Crippen MR) is 110 cm³/mol. The summed E-state index contributed by atoms with van der Waals surface area (Å²) in [6.07, 6.45) is 0.834. The summed E-state index contributed by atoms with van der Waals surface area (Å²) in [5, 5.41) is 0. The number of ether oxygens (including phenoxy) is 1. The summed E-state index contributed by atoms with van der Waals surface area (Å²) in [7, 11) is 0. The van der Waals surface area contributed by atoms with Crippen molar-refractivity contribution in [2.75, 3.05) is 0 Å². The van der Waals surface area contributed by atoms with Crippen LogP contribution in [0.15, 0.2) is 78.9 Å². The number of hydrogen-bond acceptors (Lipinski definition) is 2. The Labute approximate surface area is 160 Å². The Hall–Kier alpha value is -3.07. The van der Waals surface area contributed by atoms with E-state index in [0.717, 1.165) is 35.6 Å². The van der Waals surface area contributed by atoms with Crippen molar-refractivity contribution >= 4 is 11.0 Å². The molecule has 0 saturated heterocycles. The first kappa shape index (κ1) is 17.3. The van der Waals surface area contributed by atoms with Crippen molar-refractivity contribution in [3.05, 3.63) is 95.8 Å². The molecule has 0 radical (unpaired) electrons. The lowest BCUT2D eigenvalue weighted by Gasteiger charge is -2.17. The van der Waals surface area contributed by atoms with E-state index in [1.54, 1.807) is 0 Å². The zero-order valence-electron chi connectivity index (χ0n) is 15.8. The van der Waals surface area contributed by atoms with Crippen molar-refractivity contribution in [1.82, 2.24) is 9.55 Å². The number of imidazole rings is 1. The van der Waals surface area contributed by atoms with Crippen LogP contribution in [0, 0.1) is 6.92 Å². The van der Waals surface area contributed by atoms with E-state index in [4.69, 9.17) is 9.72 Å². The highest BCUT2D eigenvalue weighted by molar-refractivity contribution is 5.76. The fourth-order valence-corrected chi connectivity index (χ4v) is 3.47. The summed E-state index contributed by atoms with van der Waals surface area (Å²) in [6, 6.07) is 27.0. The Morgan fingerprint density at radius 1 is 0.926 bits per heavy atom. The molecule has 0 bridgehead atoms. The van der Waals surface area contributed by atoms with Crippen LogP contribution in [-0.2, 0) is 13.0 Å². The van der Waals surface area contributed by atoms with Gasteiger partial charge in [-0.3, -0.25) is 0 Å². The zero-order valence-corrected chi connectivity index (χ0v) is 15.8. The van der Waals surface area contributed by atoms with Gasteiger partial charge in [0.05, 0.1) is 11.0 Å². The zero-order chi connectivity index (χ0) is 18.6. The lowest BCUT2D eigenvalue weighted by atomic mass is 10.1. The van der Waals surface area contributed by atoms with Gasteiger partial charge in [0.15, 0.2) is 11.9 Å². The Balaban J connectivity index is 1.64. The minimum absolute atomic E-state index is 0.130. The number of para-hydroxylation sites is 2. The monoisotopic (exact) mass is 356 g/mol. The number of aryl methyl sites for hydroxylation is 3. The molecule has 4 rings (SSSR count). The number of aromatic nitrogens is 2. The van der Waals surface area contributed by atoms with Crippen molar-refractivity contribution < 1.29 is 4.74 Å². The average molecular weight is 356 g/mol. The van der Waals surface area contributed by atoms with Gasteiger partial charge in [0, 0.05) is 6.54 Å². The van der Waals surface area contributed by atoms with Gasteiger partial charge in [-0.1, -0.05) is 54.6 Å². The summed E-state index contributed by atoms with van der Waals surface area (Å²) >= 11 is 0. The molecule has 0 aliphatic rings. The minimum Gasteiger partial charge on any atom is -0.483 e. The molecule has 1 unspecified atom stereocenters. The molecule has 4 aromatic rings. The molecule has 0 fully saturated rings. The molecule has 1 heterocycles. The quantitative estimate of drug-likeness (QED) is 0.441. The second kappa shape index (κ2) is 7.67. The molecule has 3 aromatic carbocycles. The van der Waals surface area contributed by atoms with Crippen LogP contribution in [0.4, 0.5) is 0 Å². The number of rotatable bonds is 6. The van der Waals surface area contributed by atoms with Crippen LogP contribution in [0.5, 0.6) is 5.75 Å². The van der Waals surface area contributed by atoms with Crippen molar-refractivity contribution in [3.8, 4) is 5.75 Å². The second-order valence-electron chi connectivity index (χ2n) is 6.92. The molecular formula is C24H24N2O. The van der Waals surface area contributed by atoms with E-state index in [9.17, 15) is 0 Å². The Morgan fingerprint density at radius 3 is 2.52 bits per heavy atom. The summed E-state index contributed by atoms with van der Waals surface area (Å²) in [5.41, 5.74) is 4.69. The van der Waals surface area contributed by atoms with Crippen LogP contribution in [0.3, 0.4) is 0 Å². The van der Waals surface area contributed by atoms with Gasteiger partial charge in [-0.25, -0.2) is 4.98 Å². The van der Waals surface area contributed by atoms with Crippen LogP contribution in [0.2, 0.25) is 0 Å². The van der Waals surface area contributed by atoms with Gasteiger partial charge in [0.1, 0.15) is 5.75 Å². The molecular weight excluding hydrogens is 332 g/mol. The fourth-order valence-electron chi connectivity index (χ4n) is 3.47. The third-order valence-electron chi connectivity index (χ3n) is 4.82. The van der Waals surface area contributed by atoms with Gasteiger partial charge in [-0.15, -0.1) is 0 Å². The lowest BCUT2D eigenvalue weighted by molar-refractivity contribution is 0.211. The molecule has 0 N–H and O–H groups in total. The Kier molecular flexibility index (Phi) is 4.93. The van der Waals surface area contributed by atoms with Gasteiger partial charge in [-0.05, 0) is 55.7 Å². The van der Waals surface area contributed by atoms with Gasteiger partial charge in [0.25, 0.3) is 0 Å². The van der Waals surface area contributed by atoms with E-state index >= 15 is 0 Å². The second-order valence-corrected chi connectivity index (χ2v) is 6.92. The fraction of sp³-hybridized carbons (Fsp3) is 0.208. The largest absolute Gasteiger partial charge is 0.483 e. The van der Waals surface area contributed by atoms with E-state index in [1.807, 2.05) is 18.2 Å². The molecule has 0 aliphatic heterocycles. The molecule has 0 aliphatic carbocycles. The van der Waals surface area contributed by atoms with Crippen molar-refractivity contribution in [3.63, 3.8) is 0 Å². The van der Waals surface area contributed by atoms with Crippen LogP contribution in [-0.4, -0.2) is 9.55 Å². The van der Waals surface area contributed by atoms with Gasteiger partial charge >= 0.3 is 0 Å². The van der Waals surface area contributed by atoms with E-state index in [2.05, 4.69) is 79.1 Å². The molecule has 27 heavy (non-hydrogen) atoms. The van der Waals surface area contributed by atoms with Crippen molar-refractivity contribution in [2.45, 2.75) is 32.9 Å². The molecule has 0 saturated carbocycles. The third-order valence-corrected chi connectivity index (χ3v) is 4.82. The predicted octanol–water partition coefficient (Wildman–Crippen LogP) is 5.73. The van der Waals surface area contributed by atoms with Crippen molar-refractivity contribution in [1.29, 1.82) is 0 Å². The van der Waals surface area contributed by atoms with Gasteiger partial charge < -0.3 is 9.30 Å². The summed E-state index contributed by atoms with van der Waals surface area (Å²) < 4.78 is 8.51. The van der Waals surface area contributed by atoms with Crippen LogP contribution in [0.1, 0.15) is 30.0 Å². The molecule has 0 amide bonds. The Morgan fingerprint density at radius 2 is 1.70 bits per heavy atom. The lowest BCUT2D eigenvalue weighted by Crippen LogP contribution is -2.13. The summed E-state index contributed by atoms with van der Waals surface area (Å²) in [4.78, 5) is 4.88. The molecule has 136 valence electrons. The van der Waals surface area contributed by atoms with Crippen LogP contribution < -0.4 is 4.74 Å². The highest BCUT2D eigenvalue weighted by atomic mass is 16.5. The van der Waals surface area contributed by atoms with Crippen LogP contribution in [0.25, 0.3) is 11.0 Å². The third kappa shape index (κ3) is 3.87. The number of fused-ring (bicyclic) bond motifs is 1. The summed E-state index contributed by atoms with van der Waals surface area (Å²) in [5.74, 6) is 1.85. The Bertz CT molecular complexity index is 1040. The van der Waals surface area contributed by atoms with E-state index in [1.165, 1.54) is 11.1 Å². The van der Waals surface area contributed by atoms with Gasteiger partial charge in [0.2, 0.25) is 0 Å². The summed E-state index contributed by atoms with van der Waals surface area (Å²) in [6.45, 7) is 5.02. The first-order valence-electron chi connectivity index (χ1n) is 9.43. The van der Waals surface area contributed by atoms with E-state index < -0.39 is 0 Å². The van der Waals surface area contributed by atoms with Crippen LogP contribution >= 0.6 is 0 Å². The topological polar surface area (TPSA) is 27.1 Å². The van der Waals surface area contributed by atoms with Crippen molar-refractivity contribution in [2.24, 2.45) is 0 Å². The molecule has 3 heteroatoms.